The number of hydroxylamine groups is 1. The zero-order valence-corrected chi connectivity index (χ0v) is 7.12. The van der Waals surface area contributed by atoms with Crippen LogP contribution in [-0.4, -0.2) is 30.1 Å². The van der Waals surface area contributed by atoms with Crippen LogP contribution in [0.4, 0.5) is 0 Å². The molecule has 0 rings (SSSR count). The van der Waals surface area contributed by atoms with Gasteiger partial charge in [-0.1, -0.05) is 6.42 Å². The molecule has 72 valence electrons. The van der Waals surface area contributed by atoms with Gasteiger partial charge in [-0.3, -0.25) is 4.79 Å². The van der Waals surface area contributed by atoms with Crippen molar-refractivity contribution in [1.29, 1.82) is 0 Å². The molecule has 0 aromatic heterocycles. The number of unbranched alkanes of at least 4 members (excludes halogenated alkanes) is 1. The molecule has 1 atom stereocenters. The Morgan fingerprint density at radius 1 is 1.50 bits per heavy atom. The van der Waals surface area contributed by atoms with Crippen LogP contribution in [0.3, 0.4) is 0 Å². The SMILES string of the molecule is NCCCC[C@H](N)C(=O)CNO. The first-order chi connectivity index (χ1) is 5.72. The number of nitrogens with one attached hydrogen (secondary N) is 1. The third kappa shape index (κ3) is 5.20. The highest BCUT2D eigenvalue weighted by atomic mass is 16.5. The number of hydrogen-bond acceptors (Lipinski definition) is 5. The number of ketones is 1. The Morgan fingerprint density at radius 3 is 2.67 bits per heavy atom. The Labute approximate surface area is 72.1 Å². The topological polar surface area (TPSA) is 101 Å². The van der Waals surface area contributed by atoms with E-state index in [-0.39, 0.29) is 12.3 Å². The largest absolute Gasteiger partial charge is 0.330 e. The van der Waals surface area contributed by atoms with Crippen LogP contribution in [0.15, 0.2) is 0 Å². The molecule has 0 fully saturated rings. The minimum absolute atomic E-state index is 0.0796. The summed E-state index contributed by atoms with van der Waals surface area (Å²) in [5.74, 6) is -0.172. The van der Waals surface area contributed by atoms with E-state index in [4.69, 9.17) is 16.7 Å². The number of rotatable bonds is 7. The summed E-state index contributed by atoms with van der Waals surface area (Å²) in [7, 11) is 0. The first-order valence-corrected chi connectivity index (χ1v) is 4.07. The lowest BCUT2D eigenvalue weighted by Gasteiger charge is -2.08. The third-order valence-corrected chi connectivity index (χ3v) is 1.64. The van der Waals surface area contributed by atoms with Gasteiger partial charge in [0.2, 0.25) is 0 Å². The maximum Gasteiger partial charge on any atom is 0.165 e. The third-order valence-electron chi connectivity index (χ3n) is 1.64. The van der Waals surface area contributed by atoms with Gasteiger partial charge in [0.15, 0.2) is 5.78 Å². The maximum atomic E-state index is 11.0. The minimum atomic E-state index is -0.476. The van der Waals surface area contributed by atoms with E-state index in [1.165, 1.54) is 0 Å². The van der Waals surface area contributed by atoms with E-state index in [0.29, 0.717) is 13.0 Å². The summed E-state index contributed by atoms with van der Waals surface area (Å²) >= 11 is 0. The van der Waals surface area contributed by atoms with Crippen molar-refractivity contribution in [3.05, 3.63) is 0 Å². The van der Waals surface area contributed by atoms with Gasteiger partial charge in [-0.15, -0.1) is 0 Å². The van der Waals surface area contributed by atoms with Gasteiger partial charge >= 0.3 is 0 Å². The average molecular weight is 175 g/mol. The lowest BCUT2D eigenvalue weighted by Crippen LogP contribution is -2.36. The van der Waals surface area contributed by atoms with Gasteiger partial charge in [0.25, 0.3) is 0 Å². The van der Waals surface area contributed by atoms with E-state index in [2.05, 4.69) is 0 Å². The summed E-state index contributed by atoms with van der Waals surface area (Å²) in [5.41, 5.74) is 12.6. The van der Waals surface area contributed by atoms with Crippen LogP contribution in [0.1, 0.15) is 19.3 Å². The molecule has 0 aliphatic heterocycles. The lowest BCUT2D eigenvalue weighted by molar-refractivity contribution is -0.121. The normalized spacial score (nSPS) is 12.9. The molecule has 0 aromatic rings. The molecule has 0 saturated carbocycles. The predicted octanol–water partition coefficient (Wildman–Crippen LogP) is -1.01. The van der Waals surface area contributed by atoms with Gasteiger partial charge in [-0.05, 0) is 19.4 Å². The molecule has 6 N–H and O–H groups in total. The van der Waals surface area contributed by atoms with Crippen LogP contribution in [0.25, 0.3) is 0 Å². The van der Waals surface area contributed by atoms with Crippen molar-refractivity contribution in [2.75, 3.05) is 13.1 Å². The van der Waals surface area contributed by atoms with E-state index in [1.54, 1.807) is 5.48 Å². The summed E-state index contributed by atoms with van der Waals surface area (Å²) in [6.45, 7) is 0.545. The van der Waals surface area contributed by atoms with Gasteiger partial charge in [-0.2, -0.15) is 5.48 Å². The standard InChI is InChI=1S/C7H17N3O2/c8-4-2-1-3-6(9)7(11)5-10-12/h6,10,12H,1-5,8-9H2/t6-/m0/s1. The fourth-order valence-electron chi connectivity index (χ4n) is 0.879. The number of hydrogen-bond donors (Lipinski definition) is 4. The molecule has 0 aliphatic carbocycles. The van der Waals surface area contributed by atoms with Crippen LogP contribution >= 0.6 is 0 Å². The second kappa shape index (κ2) is 7.17. The van der Waals surface area contributed by atoms with E-state index in [0.717, 1.165) is 12.8 Å². The van der Waals surface area contributed by atoms with Crippen LogP contribution in [0, 0.1) is 0 Å². The van der Waals surface area contributed by atoms with Crippen LogP contribution < -0.4 is 16.9 Å². The van der Waals surface area contributed by atoms with E-state index in [1.807, 2.05) is 0 Å². The molecule has 0 heterocycles. The number of nitrogens with two attached hydrogens (primary N) is 2. The zero-order chi connectivity index (χ0) is 9.40. The molecular formula is C7H17N3O2. The smallest absolute Gasteiger partial charge is 0.165 e. The van der Waals surface area contributed by atoms with Gasteiger partial charge < -0.3 is 16.7 Å². The maximum absolute atomic E-state index is 11.0. The molecule has 0 radical (unpaired) electrons. The zero-order valence-electron chi connectivity index (χ0n) is 7.12. The molecule has 0 bridgehead atoms. The molecule has 5 nitrogen and oxygen atoms in total. The highest BCUT2D eigenvalue weighted by molar-refractivity contribution is 5.85. The Balaban J connectivity index is 3.42. The van der Waals surface area contributed by atoms with E-state index < -0.39 is 6.04 Å². The van der Waals surface area contributed by atoms with Gasteiger partial charge in [0.1, 0.15) is 0 Å². The van der Waals surface area contributed by atoms with Gasteiger partial charge in [0, 0.05) is 0 Å². The van der Waals surface area contributed by atoms with Gasteiger partial charge in [-0.25, -0.2) is 0 Å². The predicted molar refractivity (Wildman–Crippen MR) is 45.7 cm³/mol. The van der Waals surface area contributed by atoms with Crippen molar-refractivity contribution in [2.45, 2.75) is 25.3 Å². The van der Waals surface area contributed by atoms with Crippen molar-refractivity contribution in [3.8, 4) is 0 Å². The fraction of sp³-hybridized carbons (Fsp3) is 0.857. The first kappa shape index (κ1) is 11.5. The second-order valence-corrected chi connectivity index (χ2v) is 2.69. The molecule has 12 heavy (non-hydrogen) atoms. The summed E-state index contributed by atoms with van der Waals surface area (Å²) in [4.78, 5) is 11.0. The van der Waals surface area contributed by atoms with Crippen molar-refractivity contribution in [1.82, 2.24) is 5.48 Å². The summed E-state index contributed by atoms with van der Waals surface area (Å²) in [5, 5.41) is 8.21. The summed E-state index contributed by atoms with van der Waals surface area (Å²) in [6.07, 6.45) is 2.38. The van der Waals surface area contributed by atoms with Crippen LogP contribution in [0.5, 0.6) is 0 Å². The average Bonchev–Trinajstić information content (AvgIpc) is 2.05. The molecule has 0 aromatic carbocycles. The molecule has 0 saturated heterocycles. The molecular weight excluding hydrogens is 158 g/mol. The Bertz CT molecular complexity index is 130. The molecule has 0 unspecified atom stereocenters. The minimum Gasteiger partial charge on any atom is -0.330 e. The highest BCUT2D eigenvalue weighted by Gasteiger charge is 2.11. The van der Waals surface area contributed by atoms with Crippen molar-refractivity contribution in [2.24, 2.45) is 11.5 Å². The Hall–Kier alpha value is -0.490. The summed E-state index contributed by atoms with van der Waals surface area (Å²) < 4.78 is 0. The van der Waals surface area contributed by atoms with E-state index in [9.17, 15) is 4.79 Å². The summed E-state index contributed by atoms with van der Waals surface area (Å²) in [6, 6.07) is -0.476. The first-order valence-electron chi connectivity index (χ1n) is 4.07. The monoisotopic (exact) mass is 175 g/mol. The molecule has 0 spiro atoms. The van der Waals surface area contributed by atoms with Gasteiger partial charge in [0.05, 0.1) is 12.6 Å². The number of carbonyl (C=O) groups is 1. The number of carbonyl (C=O) groups excluding carboxylic acids is 1. The lowest BCUT2D eigenvalue weighted by atomic mass is 10.1. The Morgan fingerprint density at radius 2 is 2.17 bits per heavy atom. The fourth-order valence-corrected chi connectivity index (χ4v) is 0.879. The second-order valence-electron chi connectivity index (χ2n) is 2.69. The van der Waals surface area contributed by atoms with Crippen LogP contribution in [0.2, 0.25) is 0 Å². The molecule has 5 heteroatoms. The quantitative estimate of drug-likeness (QED) is 0.293. The van der Waals surface area contributed by atoms with Crippen LogP contribution in [-0.2, 0) is 4.79 Å². The Kier molecular flexibility index (Phi) is 6.88. The number of Topliss-reactive ketones (excluding diaryl/α,β-unsaturated/α-hetero) is 1. The van der Waals surface area contributed by atoms with Crippen molar-refractivity contribution < 1.29 is 10.0 Å². The van der Waals surface area contributed by atoms with Crippen molar-refractivity contribution in [3.63, 3.8) is 0 Å². The molecule has 0 amide bonds. The van der Waals surface area contributed by atoms with E-state index >= 15 is 0 Å². The highest BCUT2D eigenvalue weighted by Crippen LogP contribution is 1.98. The molecule has 0 aliphatic rings. The van der Waals surface area contributed by atoms with Crippen molar-refractivity contribution >= 4 is 5.78 Å².